The van der Waals surface area contributed by atoms with Crippen molar-refractivity contribution in [3.63, 3.8) is 0 Å². The zero-order chi connectivity index (χ0) is 11.3. The Balaban J connectivity index is 2.60. The molecule has 0 aromatic heterocycles. The molecular formula is C11H13F2NO. The Hall–Kier alpha value is -1.45. The molecule has 1 amide bonds. The SMILES string of the molecule is CCCc1ccc(NC(=O)C(F)F)cc1. The second kappa shape index (κ2) is 5.44. The number of hydrogen-bond acceptors (Lipinski definition) is 1. The van der Waals surface area contributed by atoms with Crippen molar-refractivity contribution in [1.82, 2.24) is 0 Å². The molecular weight excluding hydrogens is 200 g/mol. The molecule has 0 heterocycles. The van der Waals surface area contributed by atoms with Crippen LogP contribution in [0.15, 0.2) is 24.3 Å². The number of nitrogens with one attached hydrogen (secondary N) is 1. The first-order valence-corrected chi connectivity index (χ1v) is 4.81. The molecule has 1 aromatic carbocycles. The highest BCUT2D eigenvalue weighted by atomic mass is 19.3. The molecule has 4 heteroatoms. The van der Waals surface area contributed by atoms with Crippen LogP contribution in [-0.2, 0) is 11.2 Å². The normalized spacial score (nSPS) is 10.4. The number of carbonyl (C=O) groups excluding carboxylic acids is 1. The third kappa shape index (κ3) is 3.65. The highest BCUT2D eigenvalue weighted by Gasteiger charge is 2.14. The summed E-state index contributed by atoms with van der Waals surface area (Å²) in [6.07, 6.45) is -0.994. The number of benzene rings is 1. The average molecular weight is 213 g/mol. The van der Waals surface area contributed by atoms with Gasteiger partial charge in [0.1, 0.15) is 0 Å². The molecule has 15 heavy (non-hydrogen) atoms. The molecule has 1 rings (SSSR count). The smallest absolute Gasteiger partial charge is 0.315 e. The van der Waals surface area contributed by atoms with Gasteiger partial charge in [0.25, 0.3) is 5.91 Å². The lowest BCUT2D eigenvalue weighted by atomic mass is 10.1. The molecule has 0 radical (unpaired) electrons. The van der Waals surface area contributed by atoms with Crippen molar-refractivity contribution in [2.45, 2.75) is 26.2 Å². The quantitative estimate of drug-likeness (QED) is 0.818. The first kappa shape index (κ1) is 11.6. The van der Waals surface area contributed by atoms with Crippen LogP contribution in [0.4, 0.5) is 14.5 Å². The molecule has 0 unspecified atom stereocenters. The van der Waals surface area contributed by atoms with E-state index in [4.69, 9.17) is 0 Å². The van der Waals surface area contributed by atoms with E-state index in [0.717, 1.165) is 18.4 Å². The van der Waals surface area contributed by atoms with Gasteiger partial charge in [0, 0.05) is 5.69 Å². The fraction of sp³-hybridized carbons (Fsp3) is 0.364. The van der Waals surface area contributed by atoms with Gasteiger partial charge in [0.2, 0.25) is 0 Å². The van der Waals surface area contributed by atoms with E-state index in [1.807, 2.05) is 12.1 Å². The first-order valence-electron chi connectivity index (χ1n) is 4.81. The van der Waals surface area contributed by atoms with Gasteiger partial charge >= 0.3 is 6.43 Å². The zero-order valence-corrected chi connectivity index (χ0v) is 8.47. The lowest BCUT2D eigenvalue weighted by Crippen LogP contribution is -2.19. The molecule has 82 valence electrons. The number of halogens is 2. The zero-order valence-electron chi connectivity index (χ0n) is 8.47. The molecule has 0 saturated carbocycles. The Labute approximate surface area is 87.3 Å². The van der Waals surface area contributed by atoms with Crippen molar-refractivity contribution < 1.29 is 13.6 Å². The van der Waals surface area contributed by atoms with Crippen LogP contribution in [0, 0.1) is 0 Å². The van der Waals surface area contributed by atoms with Crippen molar-refractivity contribution in [3.8, 4) is 0 Å². The number of anilines is 1. The predicted octanol–water partition coefficient (Wildman–Crippen LogP) is 2.84. The van der Waals surface area contributed by atoms with Crippen LogP contribution in [0.2, 0.25) is 0 Å². The number of hydrogen-bond donors (Lipinski definition) is 1. The maximum atomic E-state index is 11.9. The summed E-state index contributed by atoms with van der Waals surface area (Å²) >= 11 is 0. The predicted molar refractivity (Wildman–Crippen MR) is 55.1 cm³/mol. The van der Waals surface area contributed by atoms with Gasteiger partial charge in [0.05, 0.1) is 0 Å². The number of aryl methyl sites for hydroxylation is 1. The van der Waals surface area contributed by atoms with Gasteiger partial charge in [-0.05, 0) is 24.1 Å². The molecule has 1 N–H and O–H groups in total. The van der Waals surface area contributed by atoms with Crippen LogP contribution >= 0.6 is 0 Å². The van der Waals surface area contributed by atoms with Gasteiger partial charge in [-0.1, -0.05) is 25.5 Å². The van der Waals surface area contributed by atoms with E-state index in [1.165, 1.54) is 0 Å². The Morgan fingerprint density at radius 3 is 2.40 bits per heavy atom. The summed E-state index contributed by atoms with van der Waals surface area (Å²) in [6, 6.07) is 6.91. The van der Waals surface area contributed by atoms with Crippen LogP contribution in [0.1, 0.15) is 18.9 Å². The van der Waals surface area contributed by atoms with Crippen LogP contribution in [0.5, 0.6) is 0 Å². The molecule has 0 fully saturated rings. The monoisotopic (exact) mass is 213 g/mol. The lowest BCUT2D eigenvalue weighted by molar-refractivity contribution is -0.126. The summed E-state index contributed by atoms with van der Waals surface area (Å²) in [4.78, 5) is 10.7. The van der Waals surface area contributed by atoms with E-state index in [2.05, 4.69) is 12.2 Å². The highest BCUT2D eigenvalue weighted by molar-refractivity contribution is 5.92. The summed E-state index contributed by atoms with van der Waals surface area (Å²) < 4.78 is 23.8. The lowest BCUT2D eigenvalue weighted by Gasteiger charge is -2.05. The molecule has 0 bridgehead atoms. The molecule has 1 aromatic rings. The molecule has 0 aliphatic rings. The molecule has 0 atom stereocenters. The second-order valence-electron chi connectivity index (χ2n) is 3.24. The number of alkyl halides is 2. The van der Waals surface area contributed by atoms with E-state index < -0.39 is 12.3 Å². The van der Waals surface area contributed by atoms with E-state index in [-0.39, 0.29) is 0 Å². The maximum Gasteiger partial charge on any atom is 0.315 e. The third-order valence-corrected chi connectivity index (χ3v) is 1.96. The van der Waals surface area contributed by atoms with E-state index in [9.17, 15) is 13.6 Å². The summed E-state index contributed by atoms with van der Waals surface area (Å²) in [5, 5.41) is 2.12. The average Bonchev–Trinajstić information content (AvgIpc) is 2.21. The third-order valence-electron chi connectivity index (χ3n) is 1.96. The number of rotatable bonds is 4. The molecule has 2 nitrogen and oxygen atoms in total. The van der Waals surface area contributed by atoms with Gasteiger partial charge in [-0.25, -0.2) is 0 Å². The largest absolute Gasteiger partial charge is 0.321 e. The van der Waals surface area contributed by atoms with Crippen LogP contribution < -0.4 is 5.32 Å². The maximum absolute atomic E-state index is 11.9. The second-order valence-corrected chi connectivity index (χ2v) is 3.24. The van der Waals surface area contributed by atoms with Crippen molar-refractivity contribution in [2.75, 3.05) is 5.32 Å². The molecule has 0 aliphatic carbocycles. The fourth-order valence-corrected chi connectivity index (χ4v) is 1.24. The van der Waals surface area contributed by atoms with Crippen LogP contribution in [0.25, 0.3) is 0 Å². The Bertz CT molecular complexity index is 322. The summed E-state index contributed by atoms with van der Waals surface area (Å²) in [5.41, 5.74) is 1.53. The van der Waals surface area contributed by atoms with Gasteiger partial charge in [-0.3, -0.25) is 4.79 Å². The highest BCUT2D eigenvalue weighted by Crippen LogP contribution is 2.11. The van der Waals surface area contributed by atoms with E-state index in [1.54, 1.807) is 12.1 Å². The Kier molecular flexibility index (Phi) is 4.21. The van der Waals surface area contributed by atoms with Crippen molar-refractivity contribution in [3.05, 3.63) is 29.8 Å². The van der Waals surface area contributed by atoms with E-state index >= 15 is 0 Å². The number of amides is 1. The summed E-state index contributed by atoms with van der Waals surface area (Å²) in [6.45, 7) is 2.06. The Morgan fingerprint density at radius 1 is 1.33 bits per heavy atom. The van der Waals surface area contributed by atoms with Crippen molar-refractivity contribution in [1.29, 1.82) is 0 Å². The standard InChI is InChI=1S/C11H13F2NO/c1-2-3-8-4-6-9(7-5-8)14-11(15)10(12)13/h4-7,10H,2-3H2,1H3,(H,14,15). The van der Waals surface area contributed by atoms with Crippen LogP contribution in [0.3, 0.4) is 0 Å². The minimum Gasteiger partial charge on any atom is -0.321 e. The van der Waals surface area contributed by atoms with Crippen molar-refractivity contribution >= 4 is 11.6 Å². The van der Waals surface area contributed by atoms with E-state index in [0.29, 0.717) is 5.69 Å². The molecule has 0 saturated heterocycles. The minimum atomic E-state index is -2.97. The number of carbonyl (C=O) groups is 1. The van der Waals surface area contributed by atoms with Gasteiger partial charge < -0.3 is 5.32 Å². The van der Waals surface area contributed by atoms with Gasteiger partial charge in [-0.15, -0.1) is 0 Å². The summed E-state index contributed by atoms with van der Waals surface area (Å²) in [5.74, 6) is -1.27. The topological polar surface area (TPSA) is 29.1 Å². The molecule has 0 aliphatic heterocycles. The minimum absolute atomic E-state index is 0.403. The first-order chi connectivity index (χ1) is 7.13. The fourth-order valence-electron chi connectivity index (χ4n) is 1.24. The summed E-state index contributed by atoms with van der Waals surface area (Å²) in [7, 11) is 0. The Morgan fingerprint density at radius 2 is 1.93 bits per heavy atom. The van der Waals surface area contributed by atoms with Gasteiger partial charge in [0.15, 0.2) is 0 Å². The van der Waals surface area contributed by atoms with Crippen molar-refractivity contribution in [2.24, 2.45) is 0 Å². The molecule has 0 spiro atoms. The van der Waals surface area contributed by atoms with Gasteiger partial charge in [-0.2, -0.15) is 8.78 Å². The van der Waals surface area contributed by atoms with Crippen LogP contribution in [-0.4, -0.2) is 12.3 Å².